The van der Waals surface area contributed by atoms with Gasteiger partial charge in [-0.05, 0) is 20.8 Å². The van der Waals surface area contributed by atoms with Gasteiger partial charge in [-0.1, -0.05) is 0 Å². The Balaban J connectivity index is 3.03. The zero-order valence-electron chi connectivity index (χ0n) is 7.75. The van der Waals surface area contributed by atoms with Crippen LogP contribution >= 0.6 is 0 Å². The molecule has 0 aromatic carbocycles. The van der Waals surface area contributed by atoms with Crippen LogP contribution in [0.5, 0.6) is 0 Å². The van der Waals surface area contributed by atoms with Crippen LogP contribution in [0.3, 0.4) is 0 Å². The number of hydrogen-bond acceptors (Lipinski definition) is 3. The van der Waals surface area contributed by atoms with E-state index in [-0.39, 0.29) is 5.56 Å². The summed E-state index contributed by atoms with van der Waals surface area (Å²) in [6, 6.07) is 0. The van der Waals surface area contributed by atoms with Crippen molar-refractivity contribution in [2.24, 2.45) is 0 Å². The number of H-pyrrole nitrogens is 1. The largest absolute Gasteiger partial charge is 0.307 e. The third-order valence-corrected chi connectivity index (χ3v) is 2.10. The number of aromatic nitrogens is 4. The molecule has 0 saturated heterocycles. The van der Waals surface area contributed by atoms with E-state index in [9.17, 15) is 4.79 Å². The first-order valence-corrected chi connectivity index (χ1v) is 4.02. The van der Waals surface area contributed by atoms with Gasteiger partial charge in [-0.3, -0.25) is 4.79 Å². The van der Waals surface area contributed by atoms with Gasteiger partial charge in [-0.15, -0.1) is 9.73 Å². The Morgan fingerprint density at radius 2 is 1.92 bits per heavy atom. The van der Waals surface area contributed by atoms with Gasteiger partial charge in [0.25, 0.3) is 5.56 Å². The van der Waals surface area contributed by atoms with E-state index in [0.717, 1.165) is 11.3 Å². The van der Waals surface area contributed by atoms with E-state index in [1.807, 2.05) is 13.8 Å². The summed E-state index contributed by atoms with van der Waals surface area (Å²) in [5.74, 6) is 0.569. The fraction of sp³-hybridized carbons (Fsp3) is 0.375. The van der Waals surface area contributed by atoms with Crippen molar-refractivity contribution < 1.29 is 0 Å². The summed E-state index contributed by atoms with van der Waals surface area (Å²) < 4.78 is 1.39. The average Bonchev–Trinajstić information content (AvgIpc) is 2.27. The Hall–Kier alpha value is -1.65. The molecule has 2 rings (SSSR count). The zero-order valence-corrected chi connectivity index (χ0v) is 7.75. The van der Waals surface area contributed by atoms with Crippen molar-refractivity contribution in [3.05, 3.63) is 27.4 Å². The summed E-state index contributed by atoms with van der Waals surface area (Å²) in [5.41, 5.74) is 2.12. The smallest absolute Gasteiger partial charge is 0.277 e. The molecule has 5 nitrogen and oxygen atoms in total. The molecule has 13 heavy (non-hydrogen) atoms. The summed E-state index contributed by atoms with van der Waals surface area (Å²) in [4.78, 5) is 14.1. The molecular weight excluding hydrogens is 168 g/mol. The van der Waals surface area contributed by atoms with Gasteiger partial charge in [0.2, 0.25) is 0 Å². The first-order valence-electron chi connectivity index (χ1n) is 4.02. The zero-order chi connectivity index (χ0) is 9.59. The normalized spacial score (nSPS) is 11.0. The molecule has 5 heteroatoms. The van der Waals surface area contributed by atoms with Crippen molar-refractivity contribution in [3.63, 3.8) is 0 Å². The van der Waals surface area contributed by atoms with Gasteiger partial charge < -0.3 is 4.98 Å². The second kappa shape index (κ2) is 2.42. The molecular formula is C8H10N4O. The SMILES string of the molecule is Cc1nn2nc(C)c(C)c2c(=O)[nH]1. The molecule has 0 saturated carbocycles. The molecule has 0 aliphatic carbocycles. The van der Waals surface area contributed by atoms with Crippen LogP contribution in [0.2, 0.25) is 0 Å². The van der Waals surface area contributed by atoms with Gasteiger partial charge in [0.05, 0.1) is 5.69 Å². The minimum Gasteiger partial charge on any atom is -0.307 e. The molecule has 0 amide bonds. The van der Waals surface area contributed by atoms with Crippen LogP contribution in [0.15, 0.2) is 4.79 Å². The Morgan fingerprint density at radius 3 is 2.62 bits per heavy atom. The number of rotatable bonds is 0. The van der Waals surface area contributed by atoms with Crippen molar-refractivity contribution in [1.82, 2.24) is 19.8 Å². The third kappa shape index (κ3) is 1.04. The summed E-state index contributed by atoms with van der Waals surface area (Å²) in [6.07, 6.45) is 0. The number of fused-ring (bicyclic) bond motifs is 1. The van der Waals surface area contributed by atoms with E-state index in [1.54, 1.807) is 6.92 Å². The Morgan fingerprint density at radius 1 is 1.23 bits per heavy atom. The van der Waals surface area contributed by atoms with Crippen LogP contribution in [0.4, 0.5) is 0 Å². The molecule has 2 aromatic rings. The lowest BCUT2D eigenvalue weighted by Crippen LogP contribution is -2.14. The van der Waals surface area contributed by atoms with Crippen LogP contribution in [0.1, 0.15) is 17.1 Å². The molecule has 0 unspecified atom stereocenters. The predicted octanol–water partition coefficient (Wildman–Crippen LogP) is 0.343. The third-order valence-electron chi connectivity index (χ3n) is 2.10. The Kier molecular flexibility index (Phi) is 1.48. The highest BCUT2D eigenvalue weighted by atomic mass is 16.1. The lowest BCUT2D eigenvalue weighted by molar-refractivity contribution is 0.739. The van der Waals surface area contributed by atoms with E-state index in [2.05, 4.69) is 15.2 Å². The summed E-state index contributed by atoms with van der Waals surface area (Å²) in [7, 11) is 0. The van der Waals surface area contributed by atoms with E-state index in [4.69, 9.17) is 0 Å². The highest BCUT2D eigenvalue weighted by Gasteiger charge is 2.09. The summed E-state index contributed by atoms with van der Waals surface area (Å²) >= 11 is 0. The number of aromatic amines is 1. The lowest BCUT2D eigenvalue weighted by Gasteiger charge is -1.93. The van der Waals surface area contributed by atoms with E-state index in [0.29, 0.717) is 11.3 Å². The molecule has 0 fully saturated rings. The number of nitrogens with one attached hydrogen (secondary N) is 1. The van der Waals surface area contributed by atoms with E-state index < -0.39 is 0 Å². The summed E-state index contributed by atoms with van der Waals surface area (Å²) in [6.45, 7) is 5.45. The maximum atomic E-state index is 11.5. The topological polar surface area (TPSA) is 63.1 Å². The van der Waals surface area contributed by atoms with Gasteiger partial charge in [-0.2, -0.15) is 5.10 Å². The molecule has 0 spiro atoms. The van der Waals surface area contributed by atoms with Crippen LogP contribution < -0.4 is 5.56 Å². The second-order valence-electron chi connectivity index (χ2n) is 3.09. The van der Waals surface area contributed by atoms with Crippen LogP contribution in [0, 0.1) is 20.8 Å². The molecule has 1 N–H and O–H groups in total. The van der Waals surface area contributed by atoms with Crippen molar-refractivity contribution in [3.8, 4) is 0 Å². The molecule has 0 radical (unpaired) electrons. The fourth-order valence-electron chi connectivity index (χ4n) is 1.31. The van der Waals surface area contributed by atoms with Crippen LogP contribution in [-0.4, -0.2) is 19.8 Å². The fourth-order valence-corrected chi connectivity index (χ4v) is 1.31. The van der Waals surface area contributed by atoms with Crippen molar-refractivity contribution >= 4 is 5.52 Å². The van der Waals surface area contributed by atoms with Gasteiger partial charge in [0, 0.05) is 5.56 Å². The summed E-state index contributed by atoms with van der Waals surface area (Å²) in [5, 5.41) is 8.19. The van der Waals surface area contributed by atoms with Crippen molar-refractivity contribution in [2.75, 3.05) is 0 Å². The molecule has 0 aliphatic rings. The van der Waals surface area contributed by atoms with Crippen molar-refractivity contribution in [1.29, 1.82) is 0 Å². The number of aryl methyl sites for hydroxylation is 3. The van der Waals surface area contributed by atoms with Gasteiger partial charge in [0.1, 0.15) is 5.82 Å². The Bertz CT molecular complexity index is 523. The highest BCUT2D eigenvalue weighted by molar-refractivity contribution is 5.52. The second-order valence-corrected chi connectivity index (χ2v) is 3.09. The number of hydrogen-bond donors (Lipinski definition) is 1. The monoisotopic (exact) mass is 178 g/mol. The first-order chi connectivity index (χ1) is 6.09. The molecule has 0 bridgehead atoms. The molecule has 0 atom stereocenters. The van der Waals surface area contributed by atoms with Crippen LogP contribution in [0.25, 0.3) is 5.52 Å². The molecule has 2 aromatic heterocycles. The van der Waals surface area contributed by atoms with Gasteiger partial charge >= 0.3 is 0 Å². The lowest BCUT2D eigenvalue weighted by atomic mass is 10.2. The Labute approximate surface area is 74.4 Å². The van der Waals surface area contributed by atoms with Gasteiger partial charge in [-0.25, -0.2) is 0 Å². The minimum atomic E-state index is -0.134. The molecule has 68 valence electrons. The number of nitrogens with zero attached hydrogens (tertiary/aromatic N) is 3. The quantitative estimate of drug-likeness (QED) is 0.632. The first kappa shape index (κ1) is 7.97. The van der Waals surface area contributed by atoms with Crippen LogP contribution in [-0.2, 0) is 0 Å². The van der Waals surface area contributed by atoms with E-state index >= 15 is 0 Å². The maximum Gasteiger partial charge on any atom is 0.277 e. The van der Waals surface area contributed by atoms with E-state index in [1.165, 1.54) is 4.63 Å². The highest BCUT2D eigenvalue weighted by Crippen LogP contribution is 2.07. The minimum absolute atomic E-state index is 0.134. The predicted molar refractivity (Wildman–Crippen MR) is 47.8 cm³/mol. The average molecular weight is 178 g/mol. The van der Waals surface area contributed by atoms with Crippen molar-refractivity contribution in [2.45, 2.75) is 20.8 Å². The van der Waals surface area contributed by atoms with Gasteiger partial charge in [0.15, 0.2) is 5.52 Å². The molecule has 2 heterocycles. The molecule has 0 aliphatic heterocycles. The maximum absolute atomic E-state index is 11.5. The standard InChI is InChI=1S/C8H10N4O/c1-4-5(2)10-12-7(4)8(13)9-6(3)11-12/h1-3H3,(H,9,11,13).